The Morgan fingerprint density at radius 1 is 1.07 bits per heavy atom. The van der Waals surface area contributed by atoms with Crippen LogP contribution < -0.4 is 15.0 Å². The fraction of sp³-hybridized carbons (Fsp3) is 0.353. The SMILES string of the molecule is CC(C)c1ccccc1N1/C(=N/C(=O)NCCCCc2ccc(-c3ncn(-c4ccc(OC(F)(F)F)cc4)n3)cc2)SCCC1C. The van der Waals surface area contributed by atoms with Crippen LogP contribution in [0.5, 0.6) is 5.75 Å². The lowest BCUT2D eigenvalue weighted by Crippen LogP contribution is -2.42. The van der Waals surface area contributed by atoms with Crippen LogP contribution in [0.15, 0.2) is 84.1 Å². The molecule has 0 saturated carbocycles. The molecule has 12 heteroatoms. The topological polar surface area (TPSA) is 84.6 Å². The minimum absolute atomic E-state index is 0.257. The van der Waals surface area contributed by atoms with E-state index in [-0.39, 0.29) is 17.8 Å². The third-order valence-corrected chi connectivity index (χ3v) is 8.62. The molecule has 0 bridgehead atoms. The van der Waals surface area contributed by atoms with E-state index in [2.05, 4.69) is 69.0 Å². The monoisotopic (exact) mass is 650 g/mol. The first-order valence-electron chi connectivity index (χ1n) is 15.3. The van der Waals surface area contributed by atoms with Crippen molar-refractivity contribution in [2.24, 2.45) is 4.99 Å². The van der Waals surface area contributed by atoms with Crippen LogP contribution in [0.4, 0.5) is 23.7 Å². The van der Waals surface area contributed by atoms with Crippen LogP contribution in [-0.2, 0) is 6.42 Å². The highest BCUT2D eigenvalue weighted by Gasteiger charge is 2.31. The maximum atomic E-state index is 12.8. The van der Waals surface area contributed by atoms with Crippen LogP contribution in [0.2, 0.25) is 0 Å². The number of halogens is 3. The Morgan fingerprint density at radius 3 is 2.52 bits per heavy atom. The predicted octanol–water partition coefficient (Wildman–Crippen LogP) is 8.38. The molecule has 5 rings (SSSR count). The lowest BCUT2D eigenvalue weighted by atomic mass is 9.99. The molecule has 1 aromatic heterocycles. The van der Waals surface area contributed by atoms with Crippen molar-refractivity contribution in [2.45, 2.75) is 64.8 Å². The fourth-order valence-electron chi connectivity index (χ4n) is 5.25. The van der Waals surface area contributed by atoms with Gasteiger partial charge >= 0.3 is 12.4 Å². The maximum Gasteiger partial charge on any atom is 0.573 e. The Balaban J connectivity index is 1.09. The minimum Gasteiger partial charge on any atom is -0.406 e. The number of aryl methyl sites for hydroxylation is 1. The van der Waals surface area contributed by atoms with Crippen molar-refractivity contribution < 1.29 is 22.7 Å². The Kier molecular flexibility index (Phi) is 10.7. The summed E-state index contributed by atoms with van der Waals surface area (Å²) in [7, 11) is 0. The number of carbonyl (C=O) groups excluding carboxylic acids is 1. The zero-order chi connectivity index (χ0) is 32.7. The maximum absolute atomic E-state index is 12.8. The molecule has 0 spiro atoms. The number of ether oxygens (including phenoxy) is 1. The highest BCUT2D eigenvalue weighted by atomic mass is 32.2. The van der Waals surface area contributed by atoms with Crippen molar-refractivity contribution in [3.05, 3.63) is 90.3 Å². The van der Waals surface area contributed by atoms with Crippen LogP contribution in [0.3, 0.4) is 0 Å². The molecule has 2 heterocycles. The smallest absolute Gasteiger partial charge is 0.406 e. The summed E-state index contributed by atoms with van der Waals surface area (Å²) in [6, 6.07) is 21.7. The standard InChI is InChI=1S/C34H37F3N6O2S/c1-23(2)29-9-4-5-10-30(29)43-24(3)19-21-46-33(43)40-32(44)38-20-7-6-8-25-11-13-26(14-12-25)31-39-22-42(41-31)27-15-17-28(18-16-27)45-34(35,36)37/h4-5,9-18,22-24H,6-8,19-21H2,1-3H3,(H,38,44)/b40-33-. The Morgan fingerprint density at radius 2 is 1.80 bits per heavy atom. The molecule has 1 N–H and O–H groups in total. The van der Waals surface area contributed by atoms with Gasteiger partial charge in [0.05, 0.1) is 5.69 Å². The normalized spacial score (nSPS) is 16.2. The molecule has 2 amide bonds. The Hall–Kier alpha value is -4.32. The van der Waals surface area contributed by atoms with Gasteiger partial charge in [0.15, 0.2) is 11.0 Å². The van der Waals surface area contributed by atoms with Gasteiger partial charge in [0.2, 0.25) is 0 Å². The van der Waals surface area contributed by atoms with Gasteiger partial charge < -0.3 is 15.0 Å². The third kappa shape index (κ3) is 8.68. The lowest BCUT2D eigenvalue weighted by Gasteiger charge is -2.37. The van der Waals surface area contributed by atoms with Gasteiger partial charge in [0, 0.05) is 29.6 Å². The zero-order valence-electron chi connectivity index (χ0n) is 26.0. The van der Waals surface area contributed by atoms with E-state index < -0.39 is 6.36 Å². The molecule has 1 aliphatic heterocycles. The Labute approximate surface area is 271 Å². The molecule has 46 heavy (non-hydrogen) atoms. The first-order valence-corrected chi connectivity index (χ1v) is 16.3. The summed E-state index contributed by atoms with van der Waals surface area (Å²) < 4.78 is 42.6. The highest BCUT2D eigenvalue weighted by Crippen LogP contribution is 2.34. The first kappa shape index (κ1) is 33.1. The minimum atomic E-state index is -4.74. The van der Waals surface area contributed by atoms with Gasteiger partial charge in [-0.1, -0.05) is 68.1 Å². The average Bonchev–Trinajstić information content (AvgIpc) is 3.51. The van der Waals surface area contributed by atoms with Crippen molar-refractivity contribution in [1.82, 2.24) is 20.1 Å². The lowest BCUT2D eigenvalue weighted by molar-refractivity contribution is -0.274. The van der Waals surface area contributed by atoms with E-state index in [1.54, 1.807) is 11.8 Å². The van der Waals surface area contributed by atoms with Crippen LogP contribution in [-0.4, -0.2) is 50.7 Å². The van der Waals surface area contributed by atoms with Gasteiger partial charge in [0.1, 0.15) is 12.1 Å². The van der Waals surface area contributed by atoms with Crippen LogP contribution in [0, 0.1) is 0 Å². The number of nitrogens with one attached hydrogen (secondary N) is 1. The average molecular weight is 651 g/mol. The van der Waals surface area contributed by atoms with Gasteiger partial charge in [-0.15, -0.1) is 18.3 Å². The second kappa shape index (κ2) is 14.8. The number of benzene rings is 3. The van der Waals surface area contributed by atoms with Crippen LogP contribution in [0.1, 0.15) is 57.1 Å². The molecule has 1 atom stereocenters. The number of urea groups is 1. The van der Waals surface area contributed by atoms with Gasteiger partial charge in [-0.05, 0) is 80.0 Å². The largest absolute Gasteiger partial charge is 0.573 e. The third-order valence-electron chi connectivity index (χ3n) is 7.64. The van der Waals surface area contributed by atoms with Crippen molar-refractivity contribution in [1.29, 1.82) is 0 Å². The van der Waals surface area contributed by atoms with E-state index in [0.717, 1.165) is 53.4 Å². The number of amidine groups is 1. The van der Waals surface area contributed by atoms with Crippen molar-refractivity contribution in [2.75, 3.05) is 17.2 Å². The molecule has 1 fully saturated rings. The number of nitrogens with zero attached hydrogens (tertiary/aromatic N) is 5. The number of aromatic nitrogens is 3. The highest BCUT2D eigenvalue weighted by molar-refractivity contribution is 8.14. The van der Waals surface area contributed by atoms with E-state index in [0.29, 0.717) is 24.0 Å². The summed E-state index contributed by atoms with van der Waals surface area (Å²) in [6.07, 6.45) is 0.372. The number of hydrogen-bond donors (Lipinski definition) is 1. The van der Waals surface area contributed by atoms with Crippen molar-refractivity contribution in [3.63, 3.8) is 0 Å². The van der Waals surface area contributed by atoms with Gasteiger partial charge in [0.25, 0.3) is 0 Å². The molecule has 0 radical (unpaired) electrons. The quantitative estimate of drug-likeness (QED) is 0.174. The van der Waals surface area contributed by atoms with Gasteiger partial charge in [-0.25, -0.2) is 14.5 Å². The molecule has 242 valence electrons. The number of aliphatic imine (C=N–C) groups is 1. The number of thioether (sulfide) groups is 1. The van der Waals surface area contributed by atoms with Gasteiger partial charge in [-0.3, -0.25) is 0 Å². The summed E-state index contributed by atoms with van der Waals surface area (Å²) in [4.78, 5) is 23.8. The van der Waals surface area contributed by atoms with Crippen LogP contribution in [0.25, 0.3) is 17.1 Å². The molecular weight excluding hydrogens is 613 g/mol. The number of hydrogen-bond acceptors (Lipinski definition) is 5. The molecule has 1 aliphatic rings. The zero-order valence-corrected chi connectivity index (χ0v) is 26.8. The molecule has 4 aromatic rings. The molecule has 1 unspecified atom stereocenters. The number of para-hydroxylation sites is 1. The summed E-state index contributed by atoms with van der Waals surface area (Å²) >= 11 is 1.63. The number of amides is 2. The van der Waals surface area contributed by atoms with E-state index in [9.17, 15) is 18.0 Å². The number of unbranched alkanes of at least 4 members (excludes halogenated alkanes) is 1. The van der Waals surface area contributed by atoms with Gasteiger partial charge in [-0.2, -0.15) is 4.99 Å². The Bertz CT molecular complexity index is 1640. The number of rotatable bonds is 10. The summed E-state index contributed by atoms with van der Waals surface area (Å²) in [5.74, 6) is 1.50. The number of carbonyl (C=O) groups is 1. The van der Waals surface area contributed by atoms with Crippen molar-refractivity contribution in [3.8, 4) is 22.8 Å². The van der Waals surface area contributed by atoms with Crippen LogP contribution >= 0.6 is 11.8 Å². The summed E-state index contributed by atoms with van der Waals surface area (Å²) in [6.45, 7) is 7.09. The second-order valence-electron chi connectivity index (χ2n) is 11.4. The molecule has 0 aliphatic carbocycles. The molecule has 3 aromatic carbocycles. The molecule has 1 saturated heterocycles. The van der Waals surface area contributed by atoms with Crippen molar-refractivity contribution >= 4 is 28.6 Å². The number of alkyl halides is 3. The van der Waals surface area contributed by atoms with E-state index in [1.165, 1.54) is 40.8 Å². The summed E-state index contributed by atoms with van der Waals surface area (Å²) in [5.41, 5.74) is 4.90. The van der Waals surface area contributed by atoms with E-state index in [4.69, 9.17) is 0 Å². The fourth-order valence-corrected chi connectivity index (χ4v) is 6.45. The summed E-state index contributed by atoms with van der Waals surface area (Å²) in [5, 5.41) is 8.16. The number of anilines is 1. The second-order valence-corrected chi connectivity index (χ2v) is 12.5. The first-order chi connectivity index (χ1) is 22.1. The molecule has 8 nitrogen and oxygen atoms in total. The molecular formula is C34H37F3N6O2S. The van der Waals surface area contributed by atoms with E-state index in [1.807, 2.05) is 30.3 Å². The predicted molar refractivity (Wildman–Crippen MR) is 177 cm³/mol. The van der Waals surface area contributed by atoms with E-state index >= 15 is 0 Å².